The molecule has 0 fully saturated rings. The number of carbonyl (C=O) groups is 1. The highest BCUT2D eigenvalue weighted by molar-refractivity contribution is 7.10. The molecular formula is C13H17NO2S. The predicted molar refractivity (Wildman–Crippen MR) is 69.6 cm³/mol. The number of aliphatic hydroxyl groups excluding tert-OH is 1. The van der Waals surface area contributed by atoms with E-state index in [4.69, 9.17) is 5.11 Å². The molecule has 0 bridgehead atoms. The number of hydrogen-bond acceptors (Lipinski definition) is 3. The Morgan fingerprint density at radius 1 is 1.59 bits per heavy atom. The summed E-state index contributed by atoms with van der Waals surface area (Å²) < 4.78 is 0. The van der Waals surface area contributed by atoms with Crippen molar-refractivity contribution in [3.8, 4) is 11.8 Å². The fourth-order valence-corrected chi connectivity index (χ4v) is 2.29. The first-order valence-corrected chi connectivity index (χ1v) is 6.34. The van der Waals surface area contributed by atoms with Crippen LogP contribution in [0.4, 0.5) is 0 Å². The molecule has 0 spiro atoms. The van der Waals surface area contributed by atoms with Crippen molar-refractivity contribution in [2.45, 2.75) is 20.4 Å². The van der Waals surface area contributed by atoms with E-state index in [1.165, 1.54) is 0 Å². The van der Waals surface area contributed by atoms with Crippen LogP contribution in [0.15, 0.2) is 11.4 Å². The first kappa shape index (κ1) is 13.8. The summed E-state index contributed by atoms with van der Waals surface area (Å²) in [5.74, 6) is 5.61. The highest BCUT2D eigenvalue weighted by atomic mass is 32.1. The number of rotatable bonds is 3. The van der Waals surface area contributed by atoms with Crippen molar-refractivity contribution in [3.05, 3.63) is 21.9 Å². The monoisotopic (exact) mass is 251 g/mol. The Morgan fingerprint density at radius 2 is 2.29 bits per heavy atom. The molecule has 1 aromatic heterocycles. The van der Waals surface area contributed by atoms with Crippen molar-refractivity contribution >= 4 is 17.2 Å². The molecule has 3 nitrogen and oxygen atoms in total. The molecule has 4 heteroatoms. The summed E-state index contributed by atoms with van der Waals surface area (Å²) in [5.41, 5.74) is 0.893. The average molecular weight is 251 g/mol. The van der Waals surface area contributed by atoms with E-state index >= 15 is 0 Å². The van der Waals surface area contributed by atoms with E-state index in [2.05, 4.69) is 11.8 Å². The molecule has 1 N–H and O–H groups in total. The Hall–Kier alpha value is -1.31. The van der Waals surface area contributed by atoms with Gasteiger partial charge in [0.05, 0.1) is 6.54 Å². The summed E-state index contributed by atoms with van der Waals surface area (Å²) >= 11 is 1.58. The number of aliphatic hydroxyl groups is 1. The van der Waals surface area contributed by atoms with Gasteiger partial charge in [-0.1, -0.05) is 25.7 Å². The number of amides is 1. The van der Waals surface area contributed by atoms with E-state index in [9.17, 15) is 4.79 Å². The summed E-state index contributed by atoms with van der Waals surface area (Å²) in [5, 5.41) is 10.5. The van der Waals surface area contributed by atoms with Crippen LogP contribution in [-0.2, 0) is 11.3 Å². The molecule has 1 aromatic rings. The van der Waals surface area contributed by atoms with Crippen LogP contribution >= 0.6 is 11.3 Å². The summed E-state index contributed by atoms with van der Waals surface area (Å²) in [4.78, 5) is 14.5. The predicted octanol–water partition coefficient (Wildman–Crippen LogP) is 1.71. The van der Waals surface area contributed by atoms with Crippen molar-refractivity contribution < 1.29 is 9.90 Å². The third-order valence-electron chi connectivity index (χ3n) is 2.23. The minimum absolute atomic E-state index is 0.0219. The molecule has 0 saturated heterocycles. The van der Waals surface area contributed by atoms with Crippen molar-refractivity contribution in [2.75, 3.05) is 13.7 Å². The molecule has 17 heavy (non-hydrogen) atoms. The van der Waals surface area contributed by atoms with Gasteiger partial charge < -0.3 is 10.0 Å². The Morgan fingerprint density at radius 3 is 2.88 bits per heavy atom. The van der Waals surface area contributed by atoms with Crippen molar-refractivity contribution in [1.82, 2.24) is 4.90 Å². The normalized spacial score (nSPS) is 9.94. The van der Waals surface area contributed by atoms with Gasteiger partial charge in [0, 0.05) is 28.8 Å². The second-order valence-corrected chi connectivity index (χ2v) is 5.11. The topological polar surface area (TPSA) is 40.5 Å². The zero-order valence-electron chi connectivity index (χ0n) is 10.4. The van der Waals surface area contributed by atoms with E-state index < -0.39 is 0 Å². The third kappa shape index (κ3) is 4.22. The Balaban J connectivity index is 2.63. The molecule has 0 aliphatic rings. The molecule has 0 unspecified atom stereocenters. The second-order valence-electron chi connectivity index (χ2n) is 4.11. The summed E-state index contributed by atoms with van der Waals surface area (Å²) in [6.45, 7) is 4.27. The smallest absolute Gasteiger partial charge is 0.225 e. The van der Waals surface area contributed by atoms with Gasteiger partial charge in [0.1, 0.15) is 6.61 Å². The van der Waals surface area contributed by atoms with Crippen LogP contribution in [0.1, 0.15) is 24.3 Å². The van der Waals surface area contributed by atoms with Gasteiger partial charge >= 0.3 is 0 Å². The number of nitrogens with zero attached hydrogens (tertiary/aromatic N) is 1. The van der Waals surface area contributed by atoms with Gasteiger partial charge in [-0.15, -0.1) is 11.3 Å². The minimum atomic E-state index is -0.128. The molecular weight excluding hydrogens is 234 g/mol. The van der Waals surface area contributed by atoms with Crippen LogP contribution < -0.4 is 0 Å². The molecule has 0 aromatic carbocycles. The Kier molecular flexibility index (Phi) is 5.20. The summed E-state index contributed by atoms with van der Waals surface area (Å²) in [7, 11) is 1.81. The van der Waals surface area contributed by atoms with Gasteiger partial charge in [0.15, 0.2) is 0 Å². The Labute approximate surface area is 106 Å². The van der Waals surface area contributed by atoms with Crippen LogP contribution in [0.2, 0.25) is 0 Å². The van der Waals surface area contributed by atoms with E-state index in [0.29, 0.717) is 6.54 Å². The van der Waals surface area contributed by atoms with Crippen LogP contribution in [0, 0.1) is 17.8 Å². The lowest BCUT2D eigenvalue weighted by Crippen LogP contribution is -2.29. The van der Waals surface area contributed by atoms with Gasteiger partial charge in [-0.05, 0) is 6.07 Å². The fraction of sp³-hybridized carbons (Fsp3) is 0.462. The lowest BCUT2D eigenvalue weighted by molar-refractivity contribution is -0.133. The zero-order valence-corrected chi connectivity index (χ0v) is 11.2. The summed E-state index contributed by atoms with van der Waals surface area (Å²) in [6, 6.07) is 1.96. The van der Waals surface area contributed by atoms with E-state index in [0.717, 1.165) is 10.4 Å². The van der Waals surface area contributed by atoms with Crippen LogP contribution in [-0.4, -0.2) is 29.6 Å². The van der Waals surface area contributed by atoms with Crippen molar-refractivity contribution in [3.63, 3.8) is 0 Å². The quantitative estimate of drug-likeness (QED) is 0.831. The van der Waals surface area contributed by atoms with Gasteiger partial charge in [-0.25, -0.2) is 0 Å². The van der Waals surface area contributed by atoms with E-state index in [1.807, 2.05) is 25.3 Å². The lowest BCUT2D eigenvalue weighted by atomic mass is 10.2. The molecule has 0 aliphatic carbocycles. The number of hydrogen-bond donors (Lipinski definition) is 1. The van der Waals surface area contributed by atoms with Gasteiger partial charge in [-0.3, -0.25) is 4.79 Å². The largest absolute Gasteiger partial charge is 0.384 e. The second kappa shape index (κ2) is 6.43. The van der Waals surface area contributed by atoms with Gasteiger partial charge in [0.25, 0.3) is 0 Å². The highest BCUT2D eigenvalue weighted by Crippen LogP contribution is 2.16. The van der Waals surface area contributed by atoms with E-state index in [1.54, 1.807) is 23.3 Å². The first-order valence-electron chi connectivity index (χ1n) is 5.46. The maximum Gasteiger partial charge on any atom is 0.225 e. The minimum Gasteiger partial charge on any atom is -0.384 e. The maximum atomic E-state index is 11.7. The van der Waals surface area contributed by atoms with Gasteiger partial charge in [0.2, 0.25) is 5.91 Å². The maximum absolute atomic E-state index is 11.7. The molecule has 1 heterocycles. The molecule has 0 atom stereocenters. The standard InChI is InChI=1S/C13H17NO2S/c1-10(2)13(16)14(3)8-12-7-11(9-17-12)5-4-6-15/h7,9-10,15H,6,8H2,1-3H3. The van der Waals surface area contributed by atoms with Crippen LogP contribution in [0.25, 0.3) is 0 Å². The van der Waals surface area contributed by atoms with Crippen LogP contribution in [0.3, 0.4) is 0 Å². The van der Waals surface area contributed by atoms with Crippen molar-refractivity contribution in [2.24, 2.45) is 5.92 Å². The molecule has 0 radical (unpaired) electrons. The van der Waals surface area contributed by atoms with Crippen LogP contribution in [0.5, 0.6) is 0 Å². The molecule has 1 rings (SSSR count). The zero-order chi connectivity index (χ0) is 12.8. The average Bonchev–Trinajstić information content (AvgIpc) is 2.72. The van der Waals surface area contributed by atoms with Crippen molar-refractivity contribution in [1.29, 1.82) is 0 Å². The van der Waals surface area contributed by atoms with Gasteiger partial charge in [-0.2, -0.15) is 0 Å². The third-order valence-corrected chi connectivity index (χ3v) is 3.15. The Bertz CT molecular complexity index is 440. The first-order chi connectivity index (χ1) is 8.04. The molecule has 0 saturated carbocycles. The summed E-state index contributed by atoms with van der Waals surface area (Å²) in [6.07, 6.45) is 0. The lowest BCUT2D eigenvalue weighted by Gasteiger charge is -2.18. The number of carbonyl (C=O) groups excluding carboxylic acids is 1. The highest BCUT2D eigenvalue weighted by Gasteiger charge is 2.13. The molecule has 1 amide bonds. The number of thiophene rings is 1. The SMILES string of the molecule is CC(C)C(=O)N(C)Cc1cc(C#CCO)cs1. The molecule has 0 aliphatic heterocycles. The van der Waals surface area contributed by atoms with E-state index in [-0.39, 0.29) is 18.4 Å². The fourth-order valence-electron chi connectivity index (χ4n) is 1.42. The molecule has 92 valence electrons.